The number of aldehydes is 1. The summed E-state index contributed by atoms with van der Waals surface area (Å²) in [6, 6.07) is 0. The van der Waals surface area contributed by atoms with Gasteiger partial charge in [-0.1, -0.05) is 0 Å². The van der Waals surface area contributed by atoms with Crippen LogP contribution in [0.25, 0.3) is 0 Å². The molecule has 0 saturated carbocycles. The molecule has 0 aromatic carbocycles. The van der Waals surface area contributed by atoms with Crippen LogP contribution < -0.4 is 0 Å². The minimum absolute atomic E-state index is 0.389. The van der Waals surface area contributed by atoms with Crippen LogP contribution in [-0.4, -0.2) is 6.29 Å². The van der Waals surface area contributed by atoms with E-state index in [2.05, 4.69) is 6.92 Å². The van der Waals surface area contributed by atoms with Gasteiger partial charge in [-0.2, -0.15) is 0 Å². The second-order valence-electron chi connectivity index (χ2n) is 0.455. The van der Waals surface area contributed by atoms with Gasteiger partial charge in [0.25, 0.3) is 0 Å². The molecule has 0 bridgehead atoms. The average Bonchev–Trinajstić information content (AvgIpc) is 1.37. The smallest absolute Gasteiger partial charge is 0.119 e. The maximum atomic E-state index is 9.11. The summed E-state index contributed by atoms with van der Waals surface area (Å²) in [6.07, 6.45) is 1.15. The first-order valence-electron chi connectivity index (χ1n) is 1.14. The van der Waals surface area contributed by atoms with Gasteiger partial charge >= 0.3 is 0 Å². The maximum absolute atomic E-state index is 9.11. The van der Waals surface area contributed by atoms with Crippen LogP contribution in [0.2, 0.25) is 0 Å². The van der Waals surface area contributed by atoms with E-state index in [1.165, 1.54) is 0 Å². The standard InChI is InChI=1S/C3H5O/c1-2-3-4/h3H,1-2H2. The summed E-state index contributed by atoms with van der Waals surface area (Å²) in [7, 11) is 0. The van der Waals surface area contributed by atoms with Gasteiger partial charge in [-0.25, -0.2) is 0 Å². The van der Waals surface area contributed by atoms with Crippen molar-refractivity contribution in [2.75, 3.05) is 0 Å². The molecule has 1 heteroatoms. The molecular formula is C3H5O. The fourth-order valence-corrected chi connectivity index (χ4v) is 0. The Morgan fingerprint density at radius 1 is 2.00 bits per heavy atom. The minimum atomic E-state index is 0.389. The second kappa shape index (κ2) is 2.67. The highest BCUT2D eigenvalue weighted by atomic mass is 16.1. The Kier molecular flexibility index (Phi) is 2.45. The number of carbonyl (C=O) groups excluding carboxylic acids is 1. The Hall–Kier alpha value is -0.330. The molecule has 0 aliphatic heterocycles. The van der Waals surface area contributed by atoms with Crippen LogP contribution in [0.4, 0.5) is 0 Å². The van der Waals surface area contributed by atoms with Gasteiger partial charge in [0.2, 0.25) is 0 Å². The van der Waals surface area contributed by atoms with Crippen molar-refractivity contribution < 1.29 is 4.79 Å². The van der Waals surface area contributed by atoms with Gasteiger partial charge in [-0.3, -0.25) is 0 Å². The fraction of sp³-hybridized carbons (Fsp3) is 0.333. The van der Waals surface area contributed by atoms with E-state index in [-0.39, 0.29) is 0 Å². The molecular weight excluding hydrogens is 52.0 g/mol. The van der Waals surface area contributed by atoms with Gasteiger partial charge in [-0.05, 0) is 6.92 Å². The van der Waals surface area contributed by atoms with Crippen molar-refractivity contribution in [1.29, 1.82) is 0 Å². The van der Waals surface area contributed by atoms with Crippen molar-refractivity contribution in [3.63, 3.8) is 0 Å². The van der Waals surface area contributed by atoms with E-state index >= 15 is 0 Å². The molecule has 0 rings (SSSR count). The quantitative estimate of drug-likeness (QED) is 0.398. The molecule has 0 aliphatic carbocycles. The zero-order chi connectivity index (χ0) is 3.41. The topological polar surface area (TPSA) is 17.1 Å². The Bertz CT molecular complexity index is 17.2. The van der Waals surface area contributed by atoms with Gasteiger partial charge in [0.05, 0.1) is 0 Å². The van der Waals surface area contributed by atoms with E-state index in [1.807, 2.05) is 0 Å². The van der Waals surface area contributed by atoms with Gasteiger partial charge < -0.3 is 4.79 Å². The molecule has 0 amide bonds. The summed E-state index contributed by atoms with van der Waals surface area (Å²) in [5.74, 6) is 0. The average molecular weight is 57.1 g/mol. The molecule has 0 aromatic rings. The molecule has 0 atom stereocenters. The summed E-state index contributed by atoms with van der Waals surface area (Å²) < 4.78 is 0. The lowest BCUT2D eigenvalue weighted by Gasteiger charge is -1.51. The summed E-state index contributed by atoms with van der Waals surface area (Å²) >= 11 is 0. The third-order valence-corrected chi connectivity index (χ3v) is 0.118. The number of carbonyl (C=O) groups is 1. The molecule has 4 heavy (non-hydrogen) atoms. The first kappa shape index (κ1) is 3.67. The summed E-state index contributed by atoms with van der Waals surface area (Å²) in [5, 5.41) is 0. The lowest BCUT2D eigenvalue weighted by molar-refractivity contribution is -0.107. The number of hydrogen-bond acceptors (Lipinski definition) is 1. The second-order valence-corrected chi connectivity index (χ2v) is 0.455. The maximum Gasteiger partial charge on any atom is 0.119 e. The van der Waals surface area contributed by atoms with E-state index in [0.29, 0.717) is 6.42 Å². The molecule has 1 radical (unpaired) electrons. The lowest BCUT2D eigenvalue weighted by Crippen LogP contribution is -1.55. The van der Waals surface area contributed by atoms with Crippen molar-refractivity contribution in [3.05, 3.63) is 6.92 Å². The zero-order valence-corrected chi connectivity index (χ0v) is 2.40. The summed E-state index contributed by atoms with van der Waals surface area (Å²) in [4.78, 5) is 9.11. The van der Waals surface area contributed by atoms with Crippen LogP contribution >= 0.6 is 0 Å². The number of hydrogen-bond donors (Lipinski definition) is 0. The molecule has 0 unspecified atom stereocenters. The van der Waals surface area contributed by atoms with Crippen LogP contribution in [0.1, 0.15) is 6.42 Å². The van der Waals surface area contributed by atoms with Crippen molar-refractivity contribution in [1.82, 2.24) is 0 Å². The van der Waals surface area contributed by atoms with E-state index in [4.69, 9.17) is 4.79 Å². The predicted molar refractivity (Wildman–Crippen MR) is 16.0 cm³/mol. The minimum Gasteiger partial charge on any atom is -0.303 e. The van der Waals surface area contributed by atoms with Gasteiger partial charge in [-0.15, -0.1) is 0 Å². The van der Waals surface area contributed by atoms with Gasteiger partial charge in [0, 0.05) is 6.42 Å². The third kappa shape index (κ3) is 1.67. The highest BCUT2D eigenvalue weighted by Crippen LogP contribution is 1.51. The molecule has 0 N–H and O–H groups in total. The molecule has 0 heterocycles. The summed E-state index contributed by atoms with van der Waals surface area (Å²) in [6.45, 7) is 3.24. The largest absolute Gasteiger partial charge is 0.303 e. The van der Waals surface area contributed by atoms with Crippen LogP contribution in [0.3, 0.4) is 0 Å². The SMILES string of the molecule is [CH2]CC=O. The van der Waals surface area contributed by atoms with E-state index in [1.54, 1.807) is 0 Å². The Morgan fingerprint density at radius 2 is 2.25 bits per heavy atom. The molecule has 1 nitrogen and oxygen atoms in total. The lowest BCUT2D eigenvalue weighted by atomic mass is 10.6. The predicted octanol–water partition coefficient (Wildman–Crippen LogP) is 0.409. The van der Waals surface area contributed by atoms with Crippen LogP contribution in [0, 0.1) is 6.92 Å². The van der Waals surface area contributed by atoms with Gasteiger partial charge in [0.15, 0.2) is 0 Å². The molecule has 0 aromatic heterocycles. The van der Waals surface area contributed by atoms with Crippen molar-refractivity contribution in [2.24, 2.45) is 0 Å². The third-order valence-electron chi connectivity index (χ3n) is 0.118. The molecule has 0 saturated heterocycles. The first-order chi connectivity index (χ1) is 1.91. The Morgan fingerprint density at radius 3 is 2.25 bits per heavy atom. The van der Waals surface area contributed by atoms with Crippen LogP contribution in [0.5, 0.6) is 0 Å². The van der Waals surface area contributed by atoms with E-state index in [0.717, 1.165) is 6.29 Å². The fourth-order valence-electron chi connectivity index (χ4n) is 0. The van der Waals surface area contributed by atoms with Crippen molar-refractivity contribution in [3.8, 4) is 0 Å². The van der Waals surface area contributed by atoms with E-state index < -0.39 is 0 Å². The van der Waals surface area contributed by atoms with Crippen molar-refractivity contribution >= 4 is 6.29 Å². The highest BCUT2D eigenvalue weighted by Gasteiger charge is 1.53. The van der Waals surface area contributed by atoms with Crippen LogP contribution in [0.15, 0.2) is 0 Å². The normalized spacial score (nSPS) is 6.25. The van der Waals surface area contributed by atoms with Crippen molar-refractivity contribution in [2.45, 2.75) is 6.42 Å². The molecule has 23 valence electrons. The Balaban J connectivity index is 2.30. The Labute approximate surface area is 25.6 Å². The zero-order valence-electron chi connectivity index (χ0n) is 2.40. The monoisotopic (exact) mass is 57.0 g/mol. The van der Waals surface area contributed by atoms with E-state index in [9.17, 15) is 0 Å². The first-order valence-corrected chi connectivity index (χ1v) is 1.14. The van der Waals surface area contributed by atoms with Gasteiger partial charge in [0.1, 0.15) is 6.29 Å². The number of rotatable bonds is 1. The molecule has 0 aliphatic rings. The molecule has 0 fully saturated rings. The van der Waals surface area contributed by atoms with Crippen LogP contribution in [-0.2, 0) is 4.79 Å². The molecule has 0 spiro atoms. The highest BCUT2D eigenvalue weighted by molar-refractivity contribution is 5.49. The summed E-state index contributed by atoms with van der Waals surface area (Å²) in [5.41, 5.74) is 0.